The topological polar surface area (TPSA) is 154 Å². The summed E-state index contributed by atoms with van der Waals surface area (Å²) in [6, 6.07) is 0. The van der Waals surface area contributed by atoms with E-state index in [-0.39, 0.29) is 119 Å². The van der Waals surface area contributed by atoms with Gasteiger partial charge in [-0.2, -0.15) is 0 Å². The zero-order valence-corrected chi connectivity index (χ0v) is 32.3. The van der Waals surface area contributed by atoms with E-state index in [4.69, 9.17) is 9.47 Å². The molecule has 5 N–H and O–H groups in total. The first-order chi connectivity index (χ1) is 16.0. The molecule has 1 heterocycles. The third-order valence-electron chi connectivity index (χ3n) is 9.98. The van der Waals surface area contributed by atoms with Crippen LogP contribution in [0.15, 0.2) is 11.1 Å². The molecule has 37 heavy (non-hydrogen) atoms. The number of fused-ring (bicyclic) bond motifs is 5. The normalized spacial score (nSPS) is 45.2. The molecule has 1 aliphatic heterocycles. The monoisotopic (exact) mass is 950 g/mol. The maximum absolute atomic E-state index is 14.0. The van der Waals surface area contributed by atoms with Crippen LogP contribution in [0.5, 0.6) is 0 Å². The quantitative estimate of drug-likeness (QED) is 0.201. The molecule has 10 unspecified atom stereocenters. The van der Waals surface area contributed by atoms with Crippen molar-refractivity contribution in [1.29, 1.82) is 0 Å². The smallest absolute Gasteiger partial charge is 0.335 e. The van der Waals surface area contributed by atoms with Gasteiger partial charge < -0.3 is 35.0 Å². The molecule has 0 aromatic carbocycles. The molecule has 2 saturated carbocycles. The molecule has 4 aliphatic rings. The molecule has 10 atom stereocenters. The van der Waals surface area contributed by atoms with Crippen LogP contribution in [0.25, 0.3) is 0 Å². The van der Waals surface area contributed by atoms with Gasteiger partial charge in [0.1, 0.15) is 17.8 Å². The molecule has 204 valence electrons. The number of carbonyl (C=O) groups is 2. The predicted octanol–water partition coefficient (Wildman–Crippen LogP) is 0.489. The Morgan fingerprint density at radius 2 is 1.70 bits per heavy atom. The molecule has 2 radical (unpaired) electrons. The van der Waals surface area contributed by atoms with Gasteiger partial charge in [-0.05, 0) is 36.8 Å². The fourth-order valence-corrected chi connectivity index (χ4v) is 7.59. The first-order valence-corrected chi connectivity index (χ1v) is 12.5. The molecule has 2 bridgehead atoms. The van der Waals surface area contributed by atoms with E-state index >= 15 is 0 Å². The summed E-state index contributed by atoms with van der Waals surface area (Å²) in [4.78, 5) is 26.6. The number of esters is 1. The summed E-state index contributed by atoms with van der Waals surface area (Å²) in [5, 5.41) is 56.9. The minimum absolute atomic E-state index is 0. The molecule has 3 fully saturated rings. The van der Waals surface area contributed by atoms with E-state index in [1.54, 1.807) is 48.5 Å². The van der Waals surface area contributed by atoms with Crippen molar-refractivity contribution < 1.29 is 133 Å². The fourth-order valence-electron chi connectivity index (χ4n) is 7.59. The Kier molecular flexibility index (Phi) is 10.6. The van der Waals surface area contributed by atoms with Crippen molar-refractivity contribution in [2.24, 2.45) is 28.6 Å². The number of ketones is 1. The molecule has 0 amide bonds. The van der Waals surface area contributed by atoms with Crippen LogP contribution in [0.1, 0.15) is 61.3 Å². The maximum atomic E-state index is 14.0. The standard InChI is InChI=1S/C26H40O9.2Ac/c1-11(2)18(28)22(31)35-14-9-26(33)13(4)20-24(7,15(27)8-16-25(20,32)10-34-16)21(30)19(29)17(12(14)3)23(26,5)6;;/h11,13-16,18-20,27-29,32-33H,8-10H2,1-7H3;;. The van der Waals surface area contributed by atoms with Gasteiger partial charge in [-0.3, -0.25) is 4.79 Å². The van der Waals surface area contributed by atoms with Crippen LogP contribution in [0.2, 0.25) is 0 Å². The second kappa shape index (κ2) is 11.3. The molecular formula is C26H40Ac2O9. The third kappa shape index (κ3) is 4.78. The summed E-state index contributed by atoms with van der Waals surface area (Å²) < 4.78 is 11.2. The number of hydrogen-bond acceptors (Lipinski definition) is 9. The van der Waals surface area contributed by atoms with Crippen LogP contribution in [-0.4, -0.2) is 85.6 Å². The van der Waals surface area contributed by atoms with Gasteiger partial charge in [0.15, 0.2) is 11.9 Å². The van der Waals surface area contributed by atoms with Crippen LogP contribution in [-0.2, 0) is 19.1 Å². The molecule has 0 spiro atoms. The minimum Gasteiger partial charge on any atom is -0.456 e. The van der Waals surface area contributed by atoms with Crippen molar-refractivity contribution >= 4 is 11.8 Å². The summed E-state index contributed by atoms with van der Waals surface area (Å²) in [5.74, 6) is -3.56. The fraction of sp³-hybridized carbons (Fsp3) is 0.846. The van der Waals surface area contributed by atoms with Crippen molar-refractivity contribution in [1.82, 2.24) is 0 Å². The number of hydrogen-bond donors (Lipinski definition) is 5. The van der Waals surface area contributed by atoms with Crippen LogP contribution < -0.4 is 0 Å². The summed E-state index contributed by atoms with van der Waals surface area (Å²) >= 11 is 0. The van der Waals surface area contributed by atoms with Crippen molar-refractivity contribution in [3.63, 3.8) is 0 Å². The Morgan fingerprint density at radius 1 is 1.14 bits per heavy atom. The van der Waals surface area contributed by atoms with E-state index in [9.17, 15) is 35.1 Å². The van der Waals surface area contributed by atoms with Crippen LogP contribution in [0.3, 0.4) is 0 Å². The van der Waals surface area contributed by atoms with Gasteiger partial charge in [0, 0.05) is 112 Å². The summed E-state index contributed by atoms with van der Waals surface area (Å²) in [6.45, 7) is 11.7. The van der Waals surface area contributed by atoms with Crippen molar-refractivity contribution in [2.45, 2.75) is 103 Å². The van der Waals surface area contributed by atoms with Gasteiger partial charge in [-0.25, -0.2) is 4.79 Å². The van der Waals surface area contributed by atoms with E-state index < -0.39 is 76.1 Å². The second-order valence-corrected chi connectivity index (χ2v) is 12.3. The van der Waals surface area contributed by atoms with Crippen LogP contribution in [0, 0.1) is 117 Å². The molecule has 9 nitrogen and oxygen atoms in total. The Labute approximate surface area is 290 Å². The number of ether oxygens (including phenoxy) is 2. The molecule has 4 rings (SSSR count). The van der Waals surface area contributed by atoms with E-state index in [1.807, 2.05) is 0 Å². The van der Waals surface area contributed by atoms with Crippen LogP contribution >= 0.6 is 0 Å². The number of rotatable bonds is 3. The average Bonchev–Trinajstić information content (AvgIpc) is 2.76. The second-order valence-electron chi connectivity index (χ2n) is 12.3. The SMILES string of the molecule is CC1=C2C(O)C(=O)C3(C)C(O)CC4OCC4(O)C3C(C)C(O)(CC1OC(=O)C(O)C(C)C)C2(C)C.[Ac].[Ac]. The van der Waals surface area contributed by atoms with Gasteiger partial charge in [-0.1, -0.05) is 34.6 Å². The molecule has 11 heteroatoms. The molecule has 0 aromatic rings. The Morgan fingerprint density at radius 3 is 2.19 bits per heavy atom. The van der Waals surface area contributed by atoms with Gasteiger partial charge in [-0.15, -0.1) is 0 Å². The Balaban J connectivity index is 0.00000241. The Hall–Kier alpha value is 1.52. The van der Waals surface area contributed by atoms with Crippen molar-refractivity contribution in [3.8, 4) is 0 Å². The van der Waals surface area contributed by atoms with E-state index in [1.165, 1.54) is 0 Å². The van der Waals surface area contributed by atoms with Gasteiger partial charge in [0.25, 0.3) is 0 Å². The summed E-state index contributed by atoms with van der Waals surface area (Å²) in [6.07, 6.45) is -5.94. The van der Waals surface area contributed by atoms with E-state index in [0.29, 0.717) is 5.57 Å². The minimum atomic E-state index is -1.69. The van der Waals surface area contributed by atoms with E-state index in [0.717, 1.165) is 0 Å². The zero-order valence-electron chi connectivity index (χ0n) is 22.8. The number of carbonyl (C=O) groups excluding carboxylic acids is 2. The molecule has 3 aliphatic carbocycles. The Bertz CT molecular complexity index is 968. The summed E-state index contributed by atoms with van der Waals surface area (Å²) in [5.41, 5.74) is -5.11. The summed E-state index contributed by atoms with van der Waals surface area (Å²) in [7, 11) is 0. The van der Waals surface area contributed by atoms with E-state index in [2.05, 4.69) is 0 Å². The molecular weight excluding hydrogens is 910 g/mol. The van der Waals surface area contributed by atoms with Crippen molar-refractivity contribution in [3.05, 3.63) is 11.1 Å². The predicted molar refractivity (Wildman–Crippen MR) is 124 cm³/mol. The average molecular weight is 951 g/mol. The largest absolute Gasteiger partial charge is 0.456 e. The van der Waals surface area contributed by atoms with Crippen LogP contribution in [0.4, 0.5) is 0 Å². The molecule has 0 aromatic heterocycles. The third-order valence-corrected chi connectivity index (χ3v) is 9.98. The first-order valence-electron chi connectivity index (χ1n) is 12.5. The van der Waals surface area contributed by atoms with Gasteiger partial charge >= 0.3 is 5.97 Å². The molecule has 1 saturated heterocycles. The van der Waals surface area contributed by atoms with Crippen molar-refractivity contribution in [2.75, 3.05) is 6.61 Å². The number of aliphatic hydroxyl groups excluding tert-OH is 3. The number of Topliss-reactive ketones (excluding diaryl/α,β-unsaturated/α-hetero) is 1. The van der Waals surface area contributed by atoms with Gasteiger partial charge in [0.05, 0.1) is 29.8 Å². The van der Waals surface area contributed by atoms with Gasteiger partial charge in [0.2, 0.25) is 0 Å². The maximum Gasteiger partial charge on any atom is 0.335 e. The number of aliphatic hydroxyl groups is 5. The first kappa shape index (κ1) is 34.7. The zero-order chi connectivity index (χ0) is 26.5.